The fraction of sp³-hybridized carbons (Fsp3) is 1.00. The molecule has 0 rings (SSSR count). The maximum absolute atomic E-state index is 6.23. The Balaban J connectivity index is 0. The molecule has 0 bridgehead atoms. The summed E-state index contributed by atoms with van der Waals surface area (Å²) in [5.74, 6) is 1.27. The fourth-order valence-corrected chi connectivity index (χ4v) is 8.29. The lowest BCUT2D eigenvalue weighted by atomic mass is 10.3. The molecule has 0 aromatic carbocycles. The summed E-state index contributed by atoms with van der Waals surface area (Å²) >= 11 is 24.1. The van der Waals surface area contributed by atoms with Crippen molar-refractivity contribution in [3.05, 3.63) is 0 Å². The van der Waals surface area contributed by atoms with Crippen LogP contribution in [-0.2, 0) is 0 Å². The van der Waals surface area contributed by atoms with Gasteiger partial charge in [-0.2, -0.15) is 0 Å². The Morgan fingerprint density at radius 1 is 0.667 bits per heavy atom. The first-order valence-electron chi connectivity index (χ1n) is 6.71. The highest BCUT2D eigenvalue weighted by Gasteiger charge is 2.29. The van der Waals surface area contributed by atoms with E-state index >= 15 is 0 Å². The standard InChI is InChI=1S/C8H18Cl2Si.C4H10Cl2Si/c1-7(2)5-11(9,10)6-8(3)4;1-3-7(5,6)4-2/h7-8H,5-6H2,1-4H3;3-4H2,1-2H3. The molecule has 0 unspecified atom stereocenters. The molecule has 0 N–H and O–H groups in total. The van der Waals surface area contributed by atoms with Gasteiger partial charge in [0.25, 0.3) is 13.4 Å². The van der Waals surface area contributed by atoms with Gasteiger partial charge >= 0.3 is 0 Å². The van der Waals surface area contributed by atoms with Crippen molar-refractivity contribution in [2.45, 2.75) is 65.7 Å². The van der Waals surface area contributed by atoms with E-state index in [9.17, 15) is 0 Å². The lowest BCUT2D eigenvalue weighted by Gasteiger charge is -2.20. The monoisotopic (exact) mass is 368 g/mol. The largest absolute Gasteiger partial charge is 0.251 e. The molecule has 0 aliphatic heterocycles. The summed E-state index contributed by atoms with van der Waals surface area (Å²) in [5.41, 5.74) is 0. The Morgan fingerprint density at radius 2 is 0.944 bits per heavy atom. The highest BCUT2D eigenvalue weighted by molar-refractivity contribution is 7.45. The van der Waals surface area contributed by atoms with Crippen LogP contribution in [0.3, 0.4) is 0 Å². The van der Waals surface area contributed by atoms with Gasteiger partial charge in [0.15, 0.2) is 0 Å². The van der Waals surface area contributed by atoms with Gasteiger partial charge in [0.1, 0.15) is 0 Å². The van der Waals surface area contributed by atoms with Crippen molar-refractivity contribution in [1.82, 2.24) is 0 Å². The third-order valence-corrected chi connectivity index (χ3v) is 12.4. The molecular weight excluding hydrogens is 342 g/mol. The van der Waals surface area contributed by atoms with Crippen LogP contribution in [0.5, 0.6) is 0 Å². The quantitative estimate of drug-likeness (QED) is 0.344. The highest BCUT2D eigenvalue weighted by Crippen LogP contribution is 2.32. The minimum Gasteiger partial charge on any atom is -0.146 e. The Kier molecular flexibility index (Phi) is 12.6. The van der Waals surface area contributed by atoms with Crippen LogP contribution >= 0.6 is 44.3 Å². The summed E-state index contributed by atoms with van der Waals surface area (Å²) in [6.07, 6.45) is 0. The molecule has 18 heavy (non-hydrogen) atoms. The van der Waals surface area contributed by atoms with E-state index in [4.69, 9.17) is 44.3 Å². The Labute approximate surface area is 135 Å². The number of hydrogen-bond acceptors (Lipinski definition) is 0. The minimum atomic E-state index is -1.89. The molecular formula is C12H28Cl4Si2. The number of halogens is 4. The molecule has 0 radical (unpaired) electrons. The SMILES string of the molecule is CC(C)C[Si](Cl)(Cl)CC(C)C.CC[Si](Cl)(Cl)CC. The third kappa shape index (κ3) is 15.7. The molecule has 0 atom stereocenters. The summed E-state index contributed by atoms with van der Waals surface area (Å²) in [5, 5.41) is 0. The van der Waals surface area contributed by atoms with E-state index in [1.807, 2.05) is 13.8 Å². The normalized spacial score (nSPS) is 12.7. The highest BCUT2D eigenvalue weighted by atomic mass is 35.7. The molecule has 0 spiro atoms. The van der Waals surface area contributed by atoms with E-state index in [-0.39, 0.29) is 0 Å². The molecule has 0 amide bonds. The molecule has 0 nitrogen and oxygen atoms in total. The van der Waals surface area contributed by atoms with Crippen molar-refractivity contribution in [3.8, 4) is 0 Å². The van der Waals surface area contributed by atoms with Crippen LogP contribution in [0.4, 0.5) is 0 Å². The van der Waals surface area contributed by atoms with E-state index in [1.54, 1.807) is 0 Å². The molecule has 112 valence electrons. The van der Waals surface area contributed by atoms with Crippen molar-refractivity contribution in [2.75, 3.05) is 0 Å². The Morgan fingerprint density at radius 3 is 1.06 bits per heavy atom. The van der Waals surface area contributed by atoms with E-state index < -0.39 is 13.4 Å². The summed E-state index contributed by atoms with van der Waals surface area (Å²) in [7, 11) is 0. The van der Waals surface area contributed by atoms with Gasteiger partial charge in [0.05, 0.1) is 0 Å². The Bertz CT molecular complexity index is 188. The van der Waals surface area contributed by atoms with Crippen LogP contribution in [0.15, 0.2) is 0 Å². The zero-order chi connectivity index (χ0) is 15.0. The maximum atomic E-state index is 6.23. The zero-order valence-corrected chi connectivity index (χ0v) is 17.5. The van der Waals surface area contributed by atoms with E-state index in [0.29, 0.717) is 11.8 Å². The van der Waals surface area contributed by atoms with Gasteiger partial charge in [-0.05, 0) is 36.0 Å². The zero-order valence-electron chi connectivity index (χ0n) is 12.5. The lowest BCUT2D eigenvalue weighted by molar-refractivity contribution is 0.694. The van der Waals surface area contributed by atoms with Crippen molar-refractivity contribution < 1.29 is 0 Å². The van der Waals surface area contributed by atoms with Gasteiger partial charge in [-0.3, -0.25) is 0 Å². The van der Waals surface area contributed by atoms with E-state index in [1.165, 1.54) is 0 Å². The molecule has 0 saturated carbocycles. The second kappa shape index (κ2) is 10.3. The molecule has 0 fully saturated rings. The average molecular weight is 370 g/mol. The van der Waals surface area contributed by atoms with Gasteiger partial charge in [-0.25, -0.2) is 0 Å². The van der Waals surface area contributed by atoms with Gasteiger partial charge in [-0.1, -0.05) is 41.5 Å². The van der Waals surface area contributed by atoms with Crippen LogP contribution in [-0.4, -0.2) is 13.4 Å². The molecule has 0 aliphatic rings. The summed E-state index contributed by atoms with van der Waals surface area (Å²) in [6.45, 7) is 9.18. The van der Waals surface area contributed by atoms with Gasteiger partial charge in [-0.15, -0.1) is 44.3 Å². The van der Waals surface area contributed by atoms with Crippen LogP contribution in [0, 0.1) is 11.8 Å². The second-order valence-electron chi connectivity index (χ2n) is 5.61. The van der Waals surface area contributed by atoms with Gasteiger partial charge < -0.3 is 0 Å². The summed E-state index contributed by atoms with van der Waals surface area (Å²) in [6, 6.07) is 3.97. The first-order chi connectivity index (χ1) is 7.95. The lowest BCUT2D eigenvalue weighted by Crippen LogP contribution is -2.23. The van der Waals surface area contributed by atoms with Crippen LogP contribution in [0.1, 0.15) is 41.5 Å². The van der Waals surface area contributed by atoms with E-state index in [0.717, 1.165) is 24.2 Å². The van der Waals surface area contributed by atoms with E-state index in [2.05, 4.69) is 27.7 Å². The molecule has 6 heteroatoms. The van der Waals surface area contributed by atoms with Gasteiger partial charge in [0.2, 0.25) is 0 Å². The molecule has 0 saturated heterocycles. The molecule has 0 heterocycles. The van der Waals surface area contributed by atoms with Crippen LogP contribution in [0.2, 0.25) is 24.2 Å². The molecule has 0 aliphatic carbocycles. The van der Waals surface area contributed by atoms with Crippen molar-refractivity contribution in [2.24, 2.45) is 11.8 Å². The second-order valence-corrected chi connectivity index (χ2v) is 21.1. The predicted octanol–water partition coefficient (Wildman–Crippen LogP) is 7.16. The first kappa shape index (κ1) is 21.9. The number of hydrogen-bond donors (Lipinski definition) is 0. The summed E-state index contributed by atoms with van der Waals surface area (Å²) < 4.78 is 0. The maximum Gasteiger partial charge on any atom is 0.251 e. The van der Waals surface area contributed by atoms with Crippen molar-refractivity contribution in [3.63, 3.8) is 0 Å². The Hall–Kier alpha value is 1.59. The minimum absolute atomic E-state index is 0.635. The molecule has 0 aromatic rings. The average Bonchev–Trinajstić information content (AvgIpc) is 2.14. The number of rotatable bonds is 6. The van der Waals surface area contributed by atoms with Crippen LogP contribution < -0.4 is 0 Å². The first-order valence-corrected chi connectivity index (χ1v) is 15.6. The topological polar surface area (TPSA) is 0 Å². The predicted molar refractivity (Wildman–Crippen MR) is 95.2 cm³/mol. The third-order valence-electron chi connectivity index (χ3n) is 2.45. The van der Waals surface area contributed by atoms with Crippen LogP contribution in [0.25, 0.3) is 0 Å². The van der Waals surface area contributed by atoms with Crippen molar-refractivity contribution in [1.29, 1.82) is 0 Å². The van der Waals surface area contributed by atoms with Gasteiger partial charge in [0, 0.05) is 0 Å². The summed E-state index contributed by atoms with van der Waals surface area (Å²) in [4.78, 5) is 0. The van der Waals surface area contributed by atoms with Crippen molar-refractivity contribution >= 4 is 57.7 Å². The molecule has 0 aromatic heterocycles. The smallest absolute Gasteiger partial charge is 0.146 e. The fourth-order valence-electron chi connectivity index (χ4n) is 1.53.